The Hall–Kier alpha value is -1.01. The molecule has 2 aromatic carbocycles. The summed E-state index contributed by atoms with van der Waals surface area (Å²) in [5.41, 5.74) is 1.33. The highest BCUT2D eigenvalue weighted by atomic mass is 35.5. The predicted molar refractivity (Wildman–Crippen MR) is 63.0 cm³/mol. The van der Waals surface area contributed by atoms with Gasteiger partial charge in [-0.25, -0.2) is 0 Å². The zero-order valence-electron chi connectivity index (χ0n) is 8.42. The van der Waals surface area contributed by atoms with Crippen molar-refractivity contribution in [3.05, 3.63) is 47.0 Å². The molecule has 72 valence electrons. The molecule has 0 aliphatic carbocycles. The number of hydrogen-bond donors (Lipinski definition) is 0. The largest absolute Gasteiger partial charge is 0.0837 e. The molecule has 0 amide bonds. The fraction of sp³-hybridized carbons (Fsp3) is 0.231. The Kier molecular flexibility index (Phi) is 2.47. The Balaban J connectivity index is 2.84. The topological polar surface area (TPSA) is 0 Å². The van der Waals surface area contributed by atoms with Crippen LogP contribution in [0.1, 0.15) is 25.3 Å². The van der Waals surface area contributed by atoms with Crippen LogP contribution in [0.2, 0.25) is 5.02 Å². The SMILES string of the molecule is CC(C)c1cccc2cccc(Cl)c12. The van der Waals surface area contributed by atoms with Gasteiger partial charge in [-0.2, -0.15) is 0 Å². The Bertz CT molecular complexity index is 452. The van der Waals surface area contributed by atoms with Crippen molar-refractivity contribution in [2.24, 2.45) is 0 Å². The monoisotopic (exact) mass is 204 g/mol. The summed E-state index contributed by atoms with van der Waals surface area (Å²) < 4.78 is 0. The first-order valence-corrected chi connectivity index (χ1v) is 5.25. The van der Waals surface area contributed by atoms with Gasteiger partial charge in [-0.1, -0.05) is 55.8 Å². The maximum Gasteiger partial charge on any atom is 0.0487 e. The third-order valence-electron chi connectivity index (χ3n) is 2.51. The van der Waals surface area contributed by atoms with E-state index in [1.54, 1.807) is 0 Å². The number of benzene rings is 2. The third-order valence-corrected chi connectivity index (χ3v) is 2.82. The van der Waals surface area contributed by atoms with E-state index >= 15 is 0 Å². The van der Waals surface area contributed by atoms with E-state index in [0.29, 0.717) is 5.92 Å². The van der Waals surface area contributed by atoms with Gasteiger partial charge < -0.3 is 0 Å². The molecule has 0 unspecified atom stereocenters. The summed E-state index contributed by atoms with van der Waals surface area (Å²) in [6.45, 7) is 4.39. The molecule has 0 nitrogen and oxygen atoms in total. The van der Waals surface area contributed by atoms with Crippen molar-refractivity contribution in [3.63, 3.8) is 0 Å². The number of hydrogen-bond acceptors (Lipinski definition) is 0. The zero-order valence-corrected chi connectivity index (χ0v) is 9.18. The molecule has 0 aliphatic rings. The quantitative estimate of drug-likeness (QED) is 0.636. The summed E-state index contributed by atoms with van der Waals surface area (Å²) in [5, 5.41) is 3.28. The molecule has 0 fully saturated rings. The fourth-order valence-electron chi connectivity index (χ4n) is 1.80. The average Bonchev–Trinajstić information content (AvgIpc) is 2.17. The van der Waals surface area contributed by atoms with Gasteiger partial charge in [-0.05, 0) is 22.9 Å². The Morgan fingerprint density at radius 1 is 1.00 bits per heavy atom. The summed E-state index contributed by atoms with van der Waals surface area (Å²) in [7, 11) is 0. The van der Waals surface area contributed by atoms with E-state index in [1.165, 1.54) is 16.3 Å². The van der Waals surface area contributed by atoms with Crippen molar-refractivity contribution in [2.45, 2.75) is 19.8 Å². The van der Waals surface area contributed by atoms with Crippen LogP contribution in [0.15, 0.2) is 36.4 Å². The molecule has 0 aromatic heterocycles. The number of rotatable bonds is 1. The summed E-state index contributed by atoms with van der Waals surface area (Å²) in [5.74, 6) is 0.513. The van der Waals surface area contributed by atoms with E-state index < -0.39 is 0 Å². The van der Waals surface area contributed by atoms with Crippen LogP contribution in [0.5, 0.6) is 0 Å². The first-order chi connectivity index (χ1) is 6.70. The van der Waals surface area contributed by atoms with Gasteiger partial charge in [0.25, 0.3) is 0 Å². The molecular weight excluding hydrogens is 192 g/mol. The minimum atomic E-state index is 0.513. The molecule has 0 aliphatic heterocycles. The van der Waals surface area contributed by atoms with Crippen molar-refractivity contribution in [3.8, 4) is 0 Å². The lowest BCUT2D eigenvalue weighted by Crippen LogP contribution is -1.89. The summed E-state index contributed by atoms with van der Waals surface area (Å²) in [6.07, 6.45) is 0. The van der Waals surface area contributed by atoms with Gasteiger partial charge in [0.1, 0.15) is 0 Å². The van der Waals surface area contributed by atoms with E-state index in [2.05, 4.69) is 38.1 Å². The first kappa shape index (κ1) is 9.54. The van der Waals surface area contributed by atoms with Gasteiger partial charge >= 0.3 is 0 Å². The highest BCUT2D eigenvalue weighted by molar-refractivity contribution is 6.35. The van der Waals surface area contributed by atoms with Gasteiger partial charge in [0.05, 0.1) is 0 Å². The van der Waals surface area contributed by atoms with Crippen LogP contribution in [0.4, 0.5) is 0 Å². The zero-order chi connectivity index (χ0) is 10.1. The minimum Gasteiger partial charge on any atom is -0.0837 e. The normalized spacial score (nSPS) is 11.1. The van der Waals surface area contributed by atoms with Crippen LogP contribution in [0, 0.1) is 0 Å². The molecule has 2 rings (SSSR count). The van der Waals surface area contributed by atoms with Gasteiger partial charge in [0, 0.05) is 10.4 Å². The van der Waals surface area contributed by atoms with E-state index in [1.807, 2.05) is 12.1 Å². The van der Waals surface area contributed by atoms with Crippen molar-refractivity contribution in [1.82, 2.24) is 0 Å². The molecule has 2 aromatic rings. The van der Waals surface area contributed by atoms with Crippen molar-refractivity contribution >= 4 is 22.4 Å². The highest BCUT2D eigenvalue weighted by Crippen LogP contribution is 2.30. The number of halogens is 1. The van der Waals surface area contributed by atoms with Gasteiger partial charge in [-0.15, -0.1) is 0 Å². The average molecular weight is 205 g/mol. The molecule has 0 atom stereocenters. The van der Waals surface area contributed by atoms with E-state index in [-0.39, 0.29) is 0 Å². The van der Waals surface area contributed by atoms with Crippen LogP contribution in [0.3, 0.4) is 0 Å². The van der Waals surface area contributed by atoms with Crippen LogP contribution >= 0.6 is 11.6 Å². The summed E-state index contributed by atoms with van der Waals surface area (Å²) in [4.78, 5) is 0. The molecule has 0 radical (unpaired) electrons. The second kappa shape index (κ2) is 3.62. The fourth-order valence-corrected chi connectivity index (χ4v) is 2.10. The van der Waals surface area contributed by atoms with Gasteiger partial charge in [0.2, 0.25) is 0 Å². The first-order valence-electron chi connectivity index (χ1n) is 4.87. The molecule has 14 heavy (non-hydrogen) atoms. The van der Waals surface area contributed by atoms with E-state index in [0.717, 1.165) is 5.02 Å². The van der Waals surface area contributed by atoms with E-state index in [9.17, 15) is 0 Å². The maximum atomic E-state index is 6.21. The highest BCUT2D eigenvalue weighted by Gasteiger charge is 2.06. The minimum absolute atomic E-state index is 0.513. The lowest BCUT2D eigenvalue weighted by atomic mass is 9.96. The molecule has 0 N–H and O–H groups in total. The van der Waals surface area contributed by atoms with Crippen LogP contribution < -0.4 is 0 Å². The second-order valence-electron chi connectivity index (χ2n) is 3.84. The molecule has 0 saturated heterocycles. The smallest absolute Gasteiger partial charge is 0.0487 e. The molecule has 0 saturated carbocycles. The molecule has 0 heterocycles. The van der Waals surface area contributed by atoms with Crippen LogP contribution in [-0.4, -0.2) is 0 Å². The summed E-state index contributed by atoms with van der Waals surface area (Å²) >= 11 is 6.21. The molecule has 0 bridgehead atoms. The van der Waals surface area contributed by atoms with Gasteiger partial charge in [0.15, 0.2) is 0 Å². The van der Waals surface area contributed by atoms with Crippen LogP contribution in [-0.2, 0) is 0 Å². The Labute approximate surface area is 89.5 Å². The Morgan fingerprint density at radius 3 is 2.29 bits per heavy atom. The lowest BCUT2D eigenvalue weighted by Gasteiger charge is -2.10. The lowest BCUT2D eigenvalue weighted by molar-refractivity contribution is 0.876. The molecule has 0 spiro atoms. The Morgan fingerprint density at radius 2 is 1.64 bits per heavy atom. The standard InChI is InChI=1S/C13H13Cl/c1-9(2)11-7-3-5-10-6-4-8-12(14)13(10)11/h3-9H,1-2H3. The van der Waals surface area contributed by atoms with Crippen LogP contribution in [0.25, 0.3) is 10.8 Å². The van der Waals surface area contributed by atoms with Crippen molar-refractivity contribution in [2.75, 3.05) is 0 Å². The third kappa shape index (κ3) is 1.51. The predicted octanol–water partition coefficient (Wildman–Crippen LogP) is 4.62. The summed E-state index contributed by atoms with van der Waals surface area (Å²) in [6, 6.07) is 12.4. The van der Waals surface area contributed by atoms with Crippen molar-refractivity contribution in [1.29, 1.82) is 0 Å². The maximum absolute atomic E-state index is 6.21. The number of fused-ring (bicyclic) bond motifs is 1. The van der Waals surface area contributed by atoms with E-state index in [4.69, 9.17) is 11.6 Å². The van der Waals surface area contributed by atoms with Gasteiger partial charge in [-0.3, -0.25) is 0 Å². The van der Waals surface area contributed by atoms with Crippen molar-refractivity contribution < 1.29 is 0 Å². The molecular formula is C13H13Cl. The molecule has 1 heteroatoms. The second-order valence-corrected chi connectivity index (χ2v) is 4.25.